The van der Waals surface area contributed by atoms with Gasteiger partial charge in [0.25, 0.3) is 0 Å². The average molecular weight is 746 g/mol. The Hall–Kier alpha value is -0.770. The van der Waals surface area contributed by atoms with Crippen molar-refractivity contribution in [2.75, 3.05) is 33.8 Å². The van der Waals surface area contributed by atoms with Crippen molar-refractivity contribution in [2.24, 2.45) is 0 Å². The quantitative estimate of drug-likeness (QED) is 0.0313. The summed E-state index contributed by atoms with van der Waals surface area (Å²) in [5.41, 5.74) is 0. The number of hydrogen-bond donors (Lipinski definition) is 5. The van der Waals surface area contributed by atoms with Crippen molar-refractivity contribution in [3.63, 3.8) is 0 Å². The molecule has 0 saturated heterocycles. The van der Waals surface area contributed by atoms with Crippen LogP contribution in [0.4, 0.5) is 0 Å². The Balaban J connectivity index is 0. The van der Waals surface area contributed by atoms with Crippen LogP contribution in [-0.2, 0) is 4.79 Å². The van der Waals surface area contributed by atoms with Gasteiger partial charge in [-0.15, -0.1) is 0 Å². The molecule has 0 fully saturated rings. The molecule has 8 nitrogen and oxygen atoms in total. The van der Waals surface area contributed by atoms with Gasteiger partial charge in [-0.05, 0) is 25.7 Å². The number of aliphatic hydroxyl groups excluding tert-OH is 5. The Kier molecular flexibility index (Phi) is 40.9. The first kappa shape index (κ1) is 53.3. The van der Waals surface area contributed by atoms with Crippen LogP contribution in [-0.4, -0.2) is 94.2 Å². The van der Waals surface area contributed by atoms with Gasteiger partial charge in [0.2, 0.25) is 0 Å². The van der Waals surface area contributed by atoms with Crippen LogP contribution in [0.3, 0.4) is 0 Å². The van der Waals surface area contributed by atoms with Crippen molar-refractivity contribution in [2.45, 2.75) is 244 Å². The molecule has 0 aromatic rings. The molecule has 52 heavy (non-hydrogen) atoms. The van der Waals surface area contributed by atoms with Gasteiger partial charge in [0.05, 0.1) is 39.8 Å². The summed E-state index contributed by atoms with van der Waals surface area (Å²) >= 11 is 0. The summed E-state index contributed by atoms with van der Waals surface area (Å²) in [7, 11) is 4.94. The lowest BCUT2D eigenvalue weighted by Gasteiger charge is -2.30. The summed E-state index contributed by atoms with van der Waals surface area (Å²) in [5, 5.41) is 53.4. The molecule has 0 radical (unpaired) electrons. The molecule has 0 bridgehead atoms. The predicted molar refractivity (Wildman–Crippen MR) is 217 cm³/mol. The van der Waals surface area contributed by atoms with Crippen molar-refractivity contribution in [1.29, 1.82) is 0 Å². The van der Waals surface area contributed by atoms with Crippen molar-refractivity contribution in [1.82, 2.24) is 0 Å². The van der Waals surface area contributed by atoms with Gasteiger partial charge in [0, 0.05) is 0 Å². The van der Waals surface area contributed by atoms with E-state index in [4.69, 9.17) is 25.5 Å². The topological polar surface area (TPSA) is 141 Å². The van der Waals surface area contributed by atoms with E-state index in [1.54, 1.807) is 0 Å². The lowest BCUT2D eigenvalue weighted by Crippen LogP contribution is -2.52. The zero-order valence-corrected chi connectivity index (χ0v) is 35.1. The number of carboxylic acid groups (broad SMARTS) is 1. The Labute approximate surface area is 322 Å². The fourth-order valence-corrected chi connectivity index (χ4v) is 6.95. The van der Waals surface area contributed by atoms with Crippen LogP contribution < -0.4 is 5.11 Å². The third kappa shape index (κ3) is 37.5. The highest BCUT2D eigenvalue weighted by Gasteiger charge is 2.30. The third-order valence-electron chi connectivity index (χ3n) is 10.7. The molecule has 0 unspecified atom stereocenters. The summed E-state index contributed by atoms with van der Waals surface area (Å²) in [6.45, 7) is 6.53. The predicted octanol–water partition coefficient (Wildman–Crippen LogP) is 8.76. The molecule has 0 saturated carbocycles. The highest BCUT2D eigenvalue weighted by Crippen LogP contribution is 2.16. The molecular formula is C44H91NO7. The normalized spacial score (nSPS) is 14.1. The van der Waals surface area contributed by atoms with Gasteiger partial charge in [-0.3, -0.25) is 0 Å². The van der Waals surface area contributed by atoms with Crippen molar-refractivity contribution in [3.05, 3.63) is 0 Å². The summed E-state index contributed by atoms with van der Waals surface area (Å²) in [4.78, 5) is 9.98. The van der Waals surface area contributed by atoms with Crippen LogP contribution in [0.2, 0.25) is 0 Å². The van der Waals surface area contributed by atoms with E-state index >= 15 is 0 Å². The molecule has 0 aliphatic carbocycles. The Morgan fingerprint density at radius 3 is 0.885 bits per heavy atom. The number of carbonyl (C=O) groups is 1. The van der Waals surface area contributed by atoms with Gasteiger partial charge < -0.3 is 39.9 Å². The molecule has 0 rings (SSSR count). The molecule has 5 N–H and O–H groups in total. The minimum atomic E-state index is -2.31. The second kappa shape index (κ2) is 39.9. The molecule has 0 aromatic carbocycles. The second-order valence-electron chi connectivity index (χ2n) is 16.5. The molecule has 0 heterocycles. The van der Waals surface area contributed by atoms with Gasteiger partial charge in [-0.1, -0.05) is 194 Å². The zero-order valence-electron chi connectivity index (χ0n) is 35.1. The SMILES string of the molecule is CCCCCCCCCCCCCCCCCC[N+](C)(C)CCCCCCCCCCCCCCCCCC.O=C([O-])[C@H](O)[C@@H](O)[C@H](O)[C@H](O)CO. The van der Waals surface area contributed by atoms with Crippen molar-refractivity contribution < 1.29 is 39.9 Å². The molecule has 314 valence electrons. The highest BCUT2D eigenvalue weighted by atomic mass is 16.4. The number of rotatable bonds is 39. The van der Waals surface area contributed by atoms with Gasteiger partial charge in [0.1, 0.15) is 24.4 Å². The standard InChI is InChI=1S/C38H80N.C6H12O7/c1-5-7-9-11-13-15-17-19-21-23-25-27-29-31-33-35-37-39(3,4)38-36-34-32-30-28-26-24-22-20-18-16-14-12-10-8-6-2;7-1-2(8)3(9)4(10)5(11)6(12)13/h5-38H2,1-4H3;2-5,7-11H,1H2,(H,12,13)/q+1;/p-1/t;2-,3-,4+,5-/m.1/s1. The van der Waals surface area contributed by atoms with Gasteiger partial charge >= 0.3 is 0 Å². The monoisotopic (exact) mass is 746 g/mol. The van der Waals surface area contributed by atoms with Crippen LogP contribution >= 0.6 is 0 Å². The van der Waals surface area contributed by atoms with Gasteiger partial charge in [-0.25, -0.2) is 0 Å². The first-order chi connectivity index (χ1) is 25.0. The summed E-state index contributed by atoms with van der Waals surface area (Å²) in [6, 6.07) is 0. The molecular weight excluding hydrogens is 654 g/mol. The van der Waals surface area contributed by atoms with Crippen LogP contribution in [0.25, 0.3) is 0 Å². The number of carbonyl (C=O) groups excluding carboxylic acids is 1. The van der Waals surface area contributed by atoms with Gasteiger partial charge in [-0.2, -0.15) is 0 Å². The minimum Gasteiger partial charge on any atom is -0.547 e. The number of hydrogen-bond acceptors (Lipinski definition) is 7. The summed E-state index contributed by atoms with van der Waals surface area (Å²) in [6.07, 6.45) is 38.8. The van der Waals surface area contributed by atoms with Gasteiger partial charge in [0.15, 0.2) is 0 Å². The van der Waals surface area contributed by atoms with E-state index in [2.05, 4.69) is 27.9 Å². The molecule has 0 amide bonds. The first-order valence-corrected chi connectivity index (χ1v) is 22.4. The largest absolute Gasteiger partial charge is 0.547 e. The second-order valence-corrected chi connectivity index (χ2v) is 16.5. The lowest BCUT2D eigenvalue weighted by molar-refractivity contribution is -0.890. The fourth-order valence-electron chi connectivity index (χ4n) is 6.95. The fraction of sp³-hybridized carbons (Fsp3) is 0.977. The maximum atomic E-state index is 9.98. The maximum Gasteiger partial charge on any atom is 0.122 e. The Bertz CT molecular complexity index is 685. The van der Waals surface area contributed by atoms with Crippen molar-refractivity contribution >= 4 is 5.97 Å². The molecule has 0 spiro atoms. The summed E-state index contributed by atoms with van der Waals surface area (Å²) < 4.78 is 1.25. The van der Waals surface area contributed by atoms with E-state index in [0.717, 1.165) is 0 Å². The molecule has 4 atom stereocenters. The number of carboxylic acids is 1. The van der Waals surface area contributed by atoms with Crippen molar-refractivity contribution in [3.8, 4) is 0 Å². The number of quaternary nitrogens is 1. The van der Waals surface area contributed by atoms with E-state index < -0.39 is 37.0 Å². The van der Waals surface area contributed by atoms with E-state index in [-0.39, 0.29) is 0 Å². The number of nitrogens with zero attached hydrogens (tertiary/aromatic N) is 1. The number of aliphatic carboxylic acids is 1. The first-order valence-electron chi connectivity index (χ1n) is 22.4. The Morgan fingerprint density at radius 2 is 0.673 bits per heavy atom. The number of aliphatic hydroxyl groups is 5. The van der Waals surface area contributed by atoms with E-state index in [0.29, 0.717) is 0 Å². The zero-order chi connectivity index (χ0) is 39.1. The lowest BCUT2D eigenvalue weighted by atomic mass is 10.0. The molecule has 0 aliphatic rings. The van der Waals surface area contributed by atoms with E-state index in [9.17, 15) is 9.90 Å². The smallest absolute Gasteiger partial charge is 0.122 e. The molecule has 0 aliphatic heterocycles. The summed E-state index contributed by atoms with van der Waals surface area (Å²) in [5.74, 6) is -1.98. The molecule has 8 heteroatoms. The minimum absolute atomic E-state index is 0.863. The average Bonchev–Trinajstić information content (AvgIpc) is 3.13. The molecule has 0 aromatic heterocycles. The Morgan fingerprint density at radius 1 is 0.442 bits per heavy atom. The van der Waals surface area contributed by atoms with Crippen LogP contribution in [0.5, 0.6) is 0 Å². The number of unbranched alkanes of at least 4 members (excludes halogenated alkanes) is 30. The maximum absolute atomic E-state index is 9.98. The highest BCUT2D eigenvalue weighted by molar-refractivity contribution is 5.70. The van der Waals surface area contributed by atoms with E-state index in [1.165, 1.54) is 223 Å². The third-order valence-corrected chi connectivity index (χ3v) is 10.7. The van der Waals surface area contributed by atoms with Crippen LogP contribution in [0, 0.1) is 0 Å². The van der Waals surface area contributed by atoms with Crippen LogP contribution in [0.15, 0.2) is 0 Å². The van der Waals surface area contributed by atoms with E-state index in [1.807, 2.05) is 0 Å². The van der Waals surface area contributed by atoms with Crippen LogP contribution in [0.1, 0.15) is 219 Å².